The van der Waals surface area contributed by atoms with Gasteiger partial charge < -0.3 is 10.2 Å². The van der Waals surface area contributed by atoms with Crippen LogP contribution in [0.25, 0.3) is 0 Å². The zero-order valence-electron chi connectivity index (χ0n) is 12.1. The maximum atomic E-state index is 3.67. The summed E-state index contributed by atoms with van der Waals surface area (Å²) in [4.78, 5) is 2.41. The van der Waals surface area contributed by atoms with Gasteiger partial charge in [-0.25, -0.2) is 0 Å². The molecule has 0 radical (unpaired) electrons. The Labute approximate surface area is 103 Å². The third kappa shape index (κ3) is 8.12. The number of hydrogen-bond acceptors (Lipinski definition) is 2. The van der Waals surface area contributed by atoms with Crippen LogP contribution in [0, 0.1) is 0 Å². The fraction of sp³-hybridized carbons (Fsp3) is 1.00. The molecule has 0 fully saturated rings. The SMILES string of the molecule is CCCCC(CC)NCCCN(C)C(C)C. The van der Waals surface area contributed by atoms with Crippen molar-refractivity contribution in [3.05, 3.63) is 0 Å². The molecule has 0 aliphatic carbocycles. The van der Waals surface area contributed by atoms with Crippen LogP contribution in [-0.4, -0.2) is 37.1 Å². The van der Waals surface area contributed by atoms with Crippen LogP contribution in [0.1, 0.15) is 59.8 Å². The lowest BCUT2D eigenvalue weighted by atomic mass is 10.1. The molecule has 0 heterocycles. The molecule has 0 amide bonds. The first kappa shape index (κ1) is 15.9. The van der Waals surface area contributed by atoms with E-state index in [2.05, 4.69) is 45.0 Å². The zero-order chi connectivity index (χ0) is 12.4. The van der Waals surface area contributed by atoms with Crippen LogP contribution in [0.2, 0.25) is 0 Å². The molecular weight excluding hydrogens is 196 g/mol. The average Bonchev–Trinajstić information content (AvgIpc) is 2.27. The van der Waals surface area contributed by atoms with Crippen LogP contribution < -0.4 is 5.32 Å². The van der Waals surface area contributed by atoms with Crippen molar-refractivity contribution < 1.29 is 0 Å². The molecule has 0 saturated heterocycles. The molecule has 1 unspecified atom stereocenters. The Bertz CT molecular complexity index is 146. The van der Waals surface area contributed by atoms with Crippen LogP contribution in [0.4, 0.5) is 0 Å². The molecule has 0 aromatic carbocycles. The second-order valence-corrected chi connectivity index (χ2v) is 5.13. The number of nitrogens with one attached hydrogen (secondary N) is 1. The predicted molar refractivity (Wildman–Crippen MR) is 74.0 cm³/mol. The van der Waals surface area contributed by atoms with Crippen LogP contribution in [0.3, 0.4) is 0 Å². The second kappa shape index (κ2) is 10.1. The second-order valence-electron chi connectivity index (χ2n) is 5.13. The fourth-order valence-electron chi connectivity index (χ4n) is 1.79. The number of rotatable bonds is 10. The van der Waals surface area contributed by atoms with Gasteiger partial charge in [0.1, 0.15) is 0 Å². The van der Waals surface area contributed by atoms with Crippen molar-refractivity contribution in [3.8, 4) is 0 Å². The molecule has 16 heavy (non-hydrogen) atoms. The van der Waals surface area contributed by atoms with Crippen molar-refractivity contribution in [1.29, 1.82) is 0 Å². The van der Waals surface area contributed by atoms with Crippen molar-refractivity contribution >= 4 is 0 Å². The number of hydrogen-bond donors (Lipinski definition) is 1. The van der Waals surface area contributed by atoms with Crippen LogP contribution in [0.15, 0.2) is 0 Å². The van der Waals surface area contributed by atoms with Gasteiger partial charge in [0.2, 0.25) is 0 Å². The highest BCUT2D eigenvalue weighted by Crippen LogP contribution is 2.04. The van der Waals surface area contributed by atoms with E-state index in [4.69, 9.17) is 0 Å². The lowest BCUT2D eigenvalue weighted by molar-refractivity contribution is 0.267. The first-order valence-corrected chi connectivity index (χ1v) is 7.05. The lowest BCUT2D eigenvalue weighted by Crippen LogP contribution is -2.33. The van der Waals surface area contributed by atoms with Gasteiger partial charge in [-0.15, -0.1) is 0 Å². The Morgan fingerprint density at radius 1 is 1.12 bits per heavy atom. The molecule has 0 aliphatic heterocycles. The minimum Gasteiger partial charge on any atom is -0.314 e. The summed E-state index contributed by atoms with van der Waals surface area (Å²) in [7, 11) is 2.21. The van der Waals surface area contributed by atoms with E-state index in [1.165, 1.54) is 45.2 Å². The van der Waals surface area contributed by atoms with Gasteiger partial charge in [-0.1, -0.05) is 26.7 Å². The Kier molecular flexibility index (Phi) is 10.0. The van der Waals surface area contributed by atoms with E-state index in [0.717, 1.165) is 6.04 Å². The van der Waals surface area contributed by atoms with E-state index >= 15 is 0 Å². The van der Waals surface area contributed by atoms with Crippen LogP contribution in [0.5, 0.6) is 0 Å². The van der Waals surface area contributed by atoms with Crippen molar-refractivity contribution in [2.45, 2.75) is 71.9 Å². The first-order chi connectivity index (χ1) is 7.61. The molecule has 98 valence electrons. The highest BCUT2D eigenvalue weighted by atomic mass is 15.1. The summed E-state index contributed by atoms with van der Waals surface area (Å²) in [6, 6.07) is 1.41. The van der Waals surface area contributed by atoms with Crippen LogP contribution >= 0.6 is 0 Å². The quantitative estimate of drug-likeness (QED) is 0.577. The Balaban J connectivity index is 3.47. The Hall–Kier alpha value is -0.0800. The van der Waals surface area contributed by atoms with Gasteiger partial charge >= 0.3 is 0 Å². The molecule has 0 rings (SSSR count). The molecule has 0 saturated carbocycles. The minimum atomic E-state index is 0.669. The van der Waals surface area contributed by atoms with Gasteiger partial charge in [0.15, 0.2) is 0 Å². The van der Waals surface area contributed by atoms with Crippen molar-refractivity contribution in [1.82, 2.24) is 10.2 Å². The Morgan fingerprint density at radius 3 is 2.31 bits per heavy atom. The highest BCUT2D eigenvalue weighted by Gasteiger charge is 2.05. The summed E-state index contributed by atoms with van der Waals surface area (Å²) < 4.78 is 0. The first-order valence-electron chi connectivity index (χ1n) is 7.05. The smallest absolute Gasteiger partial charge is 0.00644 e. The average molecular weight is 228 g/mol. The number of unbranched alkanes of at least 4 members (excludes halogenated alkanes) is 1. The normalized spacial score (nSPS) is 13.7. The summed E-state index contributed by atoms with van der Waals surface area (Å²) in [5.41, 5.74) is 0. The van der Waals surface area contributed by atoms with Gasteiger partial charge in [0, 0.05) is 12.1 Å². The molecule has 0 spiro atoms. The maximum absolute atomic E-state index is 3.67. The third-order valence-electron chi connectivity index (χ3n) is 3.40. The maximum Gasteiger partial charge on any atom is 0.00644 e. The van der Waals surface area contributed by atoms with E-state index in [0.29, 0.717) is 6.04 Å². The zero-order valence-corrected chi connectivity index (χ0v) is 12.1. The van der Waals surface area contributed by atoms with Gasteiger partial charge in [-0.3, -0.25) is 0 Å². The summed E-state index contributed by atoms with van der Waals surface area (Å²) in [5.74, 6) is 0. The molecule has 0 aliphatic rings. The molecular formula is C14H32N2. The van der Waals surface area contributed by atoms with E-state index < -0.39 is 0 Å². The largest absolute Gasteiger partial charge is 0.314 e. The number of nitrogens with zero attached hydrogens (tertiary/aromatic N) is 1. The topological polar surface area (TPSA) is 15.3 Å². The monoisotopic (exact) mass is 228 g/mol. The fourth-order valence-corrected chi connectivity index (χ4v) is 1.79. The van der Waals surface area contributed by atoms with Crippen molar-refractivity contribution in [2.24, 2.45) is 0 Å². The van der Waals surface area contributed by atoms with E-state index in [1.807, 2.05) is 0 Å². The highest BCUT2D eigenvalue weighted by molar-refractivity contribution is 4.65. The van der Waals surface area contributed by atoms with Crippen molar-refractivity contribution in [2.75, 3.05) is 20.1 Å². The molecule has 2 nitrogen and oxygen atoms in total. The standard InChI is InChI=1S/C14H32N2/c1-6-8-10-14(7-2)15-11-9-12-16(5)13(3)4/h13-15H,6-12H2,1-5H3. The molecule has 1 atom stereocenters. The molecule has 0 aromatic heterocycles. The third-order valence-corrected chi connectivity index (χ3v) is 3.40. The minimum absolute atomic E-state index is 0.669. The molecule has 0 aromatic rings. The van der Waals surface area contributed by atoms with E-state index in [9.17, 15) is 0 Å². The van der Waals surface area contributed by atoms with Gasteiger partial charge in [-0.2, -0.15) is 0 Å². The van der Waals surface area contributed by atoms with Crippen LogP contribution in [-0.2, 0) is 0 Å². The summed E-state index contributed by atoms with van der Waals surface area (Å²) in [5, 5.41) is 3.67. The van der Waals surface area contributed by atoms with Crippen molar-refractivity contribution in [3.63, 3.8) is 0 Å². The molecule has 1 N–H and O–H groups in total. The molecule has 0 bridgehead atoms. The van der Waals surface area contributed by atoms with Gasteiger partial charge in [0.25, 0.3) is 0 Å². The molecule has 2 heteroatoms. The van der Waals surface area contributed by atoms with Gasteiger partial charge in [-0.05, 0) is 53.2 Å². The summed E-state index contributed by atoms with van der Waals surface area (Å²) in [6.45, 7) is 11.4. The van der Waals surface area contributed by atoms with E-state index in [1.54, 1.807) is 0 Å². The lowest BCUT2D eigenvalue weighted by Gasteiger charge is -2.22. The summed E-state index contributed by atoms with van der Waals surface area (Å²) >= 11 is 0. The predicted octanol–water partition coefficient (Wildman–Crippen LogP) is 3.28. The Morgan fingerprint density at radius 2 is 1.81 bits per heavy atom. The summed E-state index contributed by atoms with van der Waals surface area (Å²) in [6.07, 6.45) is 6.54. The van der Waals surface area contributed by atoms with E-state index in [-0.39, 0.29) is 0 Å². The van der Waals surface area contributed by atoms with Gasteiger partial charge in [0.05, 0.1) is 0 Å².